The lowest BCUT2D eigenvalue weighted by Gasteiger charge is -2.36. The van der Waals surface area contributed by atoms with Crippen molar-refractivity contribution in [2.75, 3.05) is 32.7 Å². The molecule has 4 nitrogen and oxygen atoms in total. The first-order valence-corrected chi connectivity index (χ1v) is 11.6. The maximum Gasteiger partial charge on any atom is 0.253 e. The van der Waals surface area contributed by atoms with Crippen LogP contribution in [0.4, 0.5) is 4.39 Å². The van der Waals surface area contributed by atoms with E-state index in [-0.39, 0.29) is 17.8 Å². The maximum absolute atomic E-state index is 13.2. The summed E-state index contributed by atoms with van der Waals surface area (Å²) in [6.45, 7) is 6.09. The molecule has 0 saturated carbocycles. The zero-order valence-electron chi connectivity index (χ0n) is 18.7. The molecule has 172 valence electrons. The highest BCUT2D eigenvalue weighted by Gasteiger charge is 2.25. The van der Waals surface area contributed by atoms with Gasteiger partial charge in [-0.1, -0.05) is 53.6 Å². The Hall–Kier alpha value is -2.73. The normalized spacial score (nSPS) is 15.4. The minimum absolute atomic E-state index is 0.0559. The summed E-state index contributed by atoms with van der Waals surface area (Å²) in [6, 6.07) is 21.9. The number of nitrogens with zero attached hydrogens (tertiary/aromatic N) is 2. The van der Waals surface area contributed by atoms with Crippen LogP contribution in [0, 0.1) is 12.7 Å². The molecule has 1 fully saturated rings. The van der Waals surface area contributed by atoms with Crippen molar-refractivity contribution in [3.63, 3.8) is 0 Å². The molecular weight excluding hydrogens is 439 g/mol. The van der Waals surface area contributed by atoms with Gasteiger partial charge >= 0.3 is 0 Å². The van der Waals surface area contributed by atoms with Gasteiger partial charge in [0.2, 0.25) is 0 Å². The molecule has 0 unspecified atom stereocenters. The molecule has 0 aliphatic carbocycles. The van der Waals surface area contributed by atoms with Gasteiger partial charge in [0.05, 0.1) is 12.7 Å². The fourth-order valence-corrected chi connectivity index (χ4v) is 4.20. The SMILES string of the molecule is Cc1cccc(CO[C@H](CN2CCN(C(=O)c3ccc(F)cc3)CC2)c2ccc(Cl)cc2)c1. The average Bonchev–Trinajstić information content (AvgIpc) is 2.83. The Labute approximate surface area is 199 Å². The van der Waals surface area contributed by atoms with Crippen LogP contribution in [0.3, 0.4) is 0 Å². The van der Waals surface area contributed by atoms with Crippen LogP contribution in [-0.2, 0) is 11.3 Å². The lowest BCUT2D eigenvalue weighted by molar-refractivity contribution is 0.00341. The fourth-order valence-electron chi connectivity index (χ4n) is 4.07. The summed E-state index contributed by atoms with van der Waals surface area (Å²) in [5.41, 5.74) is 3.95. The maximum atomic E-state index is 13.2. The van der Waals surface area contributed by atoms with Crippen LogP contribution in [0.2, 0.25) is 5.02 Å². The molecule has 6 heteroatoms. The third-order valence-corrected chi connectivity index (χ3v) is 6.20. The van der Waals surface area contributed by atoms with Crippen molar-refractivity contribution in [1.29, 1.82) is 0 Å². The molecule has 0 aromatic heterocycles. The van der Waals surface area contributed by atoms with Crippen molar-refractivity contribution >= 4 is 17.5 Å². The summed E-state index contributed by atoms with van der Waals surface area (Å²) in [5, 5.41) is 0.698. The topological polar surface area (TPSA) is 32.8 Å². The number of hydrogen-bond acceptors (Lipinski definition) is 3. The predicted octanol–water partition coefficient (Wildman–Crippen LogP) is 5.50. The highest BCUT2D eigenvalue weighted by molar-refractivity contribution is 6.30. The third-order valence-electron chi connectivity index (χ3n) is 5.95. The second-order valence-corrected chi connectivity index (χ2v) is 8.88. The third kappa shape index (κ3) is 6.41. The second kappa shape index (κ2) is 10.9. The van der Waals surface area contributed by atoms with Gasteiger partial charge in [-0.2, -0.15) is 0 Å². The van der Waals surface area contributed by atoms with Crippen LogP contribution in [0.5, 0.6) is 0 Å². The zero-order valence-corrected chi connectivity index (χ0v) is 19.5. The Kier molecular flexibility index (Phi) is 7.76. The van der Waals surface area contributed by atoms with E-state index in [9.17, 15) is 9.18 Å². The molecule has 0 bridgehead atoms. The van der Waals surface area contributed by atoms with Gasteiger partial charge in [0.15, 0.2) is 0 Å². The fraction of sp³-hybridized carbons (Fsp3) is 0.296. The first kappa shape index (κ1) is 23.4. The van der Waals surface area contributed by atoms with Gasteiger partial charge in [-0.05, 0) is 54.4 Å². The van der Waals surface area contributed by atoms with Gasteiger partial charge in [-0.25, -0.2) is 4.39 Å². The summed E-state index contributed by atoms with van der Waals surface area (Å²) < 4.78 is 19.5. The van der Waals surface area contributed by atoms with E-state index < -0.39 is 0 Å². The Balaban J connectivity index is 1.38. The van der Waals surface area contributed by atoms with E-state index in [2.05, 4.69) is 30.0 Å². The van der Waals surface area contributed by atoms with Crippen LogP contribution < -0.4 is 0 Å². The lowest BCUT2D eigenvalue weighted by atomic mass is 10.1. The molecule has 4 rings (SSSR count). The number of halogens is 2. The molecule has 1 saturated heterocycles. The quantitative estimate of drug-likeness (QED) is 0.460. The summed E-state index contributed by atoms with van der Waals surface area (Å²) >= 11 is 6.09. The van der Waals surface area contributed by atoms with Gasteiger partial charge in [-0.3, -0.25) is 9.69 Å². The standard InChI is InChI=1S/C27H28ClFN2O2/c1-20-3-2-4-21(17-20)19-33-26(22-5-9-24(28)10-6-22)18-30-13-15-31(16-14-30)27(32)23-7-11-25(29)12-8-23/h2-12,17,26H,13-16,18-19H2,1H3/t26-/m1/s1. The number of rotatable bonds is 7. The Morgan fingerprint density at radius 2 is 1.70 bits per heavy atom. The van der Waals surface area contributed by atoms with E-state index in [0.717, 1.165) is 30.8 Å². The molecule has 33 heavy (non-hydrogen) atoms. The second-order valence-electron chi connectivity index (χ2n) is 8.44. The first-order valence-electron chi connectivity index (χ1n) is 11.2. The van der Waals surface area contributed by atoms with Crippen LogP contribution >= 0.6 is 11.6 Å². The van der Waals surface area contributed by atoms with E-state index >= 15 is 0 Å². The lowest BCUT2D eigenvalue weighted by Crippen LogP contribution is -2.49. The molecule has 1 aliphatic rings. The molecule has 0 radical (unpaired) electrons. The molecule has 1 atom stereocenters. The minimum Gasteiger partial charge on any atom is -0.368 e. The van der Waals surface area contributed by atoms with Crippen molar-refractivity contribution in [3.05, 3.63) is 106 Å². The monoisotopic (exact) mass is 466 g/mol. The van der Waals surface area contributed by atoms with Gasteiger partial charge in [0.25, 0.3) is 5.91 Å². The molecule has 1 amide bonds. The number of benzene rings is 3. The van der Waals surface area contributed by atoms with Gasteiger partial charge < -0.3 is 9.64 Å². The van der Waals surface area contributed by atoms with E-state index in [0.29, 0.717) is 30.3 Å². The van der Waals surface area contributed by atoms with Gasteiger partial charge in [-0.15, -0.1) is 0 Å². The van der Waals surface area contributed by atoms with E-state index in [1.165, 1.54) is 17.7 Å². The minimum atomic E-state index is -0.338. The smallest absolute Gasteiger partial charge is 0.253 e. The molecule has 0 spiro atoms. The number of amides is 1. The molecule has 0 N–H and O–H groups in total. The summed E-state index contributed by atoms with van der Waals surface area (Å²) in [5.74, 6) is -0.394. The van der Waals surface area contributed by atoms with Crippen LogP contribution in [0.1, 0.15) is 33.2 Å². The van der Waals surface area contributed by atoms with E-state index in [4.69, 9.17) is 16.3 Å². The molecular formula is C27H28ClFN2O2. The van der Waals surface area contributed by atoms with Crippen LogP contribution in [-0.4, -0.2) is 48.4 Å². The van der Waals surface area contributed by atoms with Crippen molar-refractivity contribution < 1.29 is 13.9 Å². The van der Waals surface area contributed by atoms with Crippen LogP contribution in [0.15, 0.2) is 72.8 Å². The highest BCUT2D eigenvalue weighted by atomic mass is 35.5. The largest absolute Gasteiger partial charge is 0.368 e. The number of aryl methyl sites for hydroxylation is 1. The predicted molar refractivity (Wildman–Crippen MR) is 129 cm³/mol. The van der Waals surface area contributed by atoms with Crippen molar-refractivity contribution in [1.82, 2.24) is 9.80 Å². The average molecular weight is 467 g/mol. The number of carbonyl (C=O) groups is 1. The molecule has 3 aromatic rings. The Bertz CT molecular complexity index is 1060. The Morgan fingerprint density at radius 1 is 1.00 bits per heavy atom. The number of piperazine rings is 1. The van der Waals surface area contributed by atoms with E-state index in [1.807, 2.05) is 35.2 Å². The van der Waals surface area contributed by atoms with Crippen molar-refractivity contribution in [3.8, 4) is 0 Å². The summed E-state index contributed by atoms with van der Waals surface area (Å²) in [6.07, 6.45) is -0.109. The van der Waals surface area contributed by atoms with Gasteiger partial charge in [0, 0.05) is 43.3 Å². The zero-order chi connectivity index (χ0) is 23.2. The summed E-state index contributed by atoms with van der Waals surface area (Å²) in [4.78, 5) is 16.9. The molecule has 3 aromatic carbocycles. The molecule has 1 aliphatic heterocycles. The number of carbonyl (C=O) groups excluding carboxylic acids is 1. The first-order chi connectivity index (χ1) is 16.0. The van der Waals surface area contributed by atoms with Crippen molar-refractivity contribution in [2.24, 2.45) is 0 Å². The molecule has 1 heterocycles. The highest BCUT2D eigenvalue weighted by Crippen LogP contribution is 2.24. The van der Waals surface area contributed by atoms with Crippen LogP contribution in [0.25, 0.3) is 0 Å². The Morgan fingerprint density at radius 3 is 2.36 bits per heavy atom. The van der Waals surface area contributed by atoms with E-state index in [1.54, 1.807) is 12.1 Å². The number of ether oxygens (including phenoxy) is 1. The summed E-state index contributed by atoms with van der Waals surface area (Å²) in [7, 11) is 0. The van der Waals surface area contributed by atoms with Crippen molar-refractivity contribution in [2.45, 2.75) is 19.6 Å². The van der Waals surface area contributed by atoms with Gasteiger partial charge in [0.1, 0.15) is 5.82 Å². The number of hydrogen-bond donors (Lipinski definition) is 0.